The van der Waals surface area contributed by atoms with E-state index < -0.39 is 0 Å². The Bertz CT molecular complexity index is 493. The third-order valence-electron chi connectivity index (χ3n) is 3.36. The van der Waals surface area contributed by atoms with Crippen LogP contribution in [0.5, 0.6) is 0 Å². The lowest BCUT2D eigenvalue weighted by Gasteiger charge is -2.13. The fourth-order valence-electron chi connectivity index (χ4n) is 2.50. The van der Waals surface area contributed by atoms with Gasteiger partial charge in [-0.2, -0.15) is 0 Å². The van der Waals surface area contributed by atoms with Crippen LogP contribution in [-0.2, 0) is 6.54 Å². The Labute approximate surface area is 105 Å². The standard InChI is InChI=1S/C14H16N2S/c15-13-8-14(12-6-2-1-5-11(12)13)16-9-10-4-3-7-17-10/h1-7,13-14,16H,8-9,15H2. The molecule has 0 saturated carbocycles. The number of hydrogen-bond acceptors (Lipinski definition) is 3. The number of thiophene rings is 1. The molecule has 17 heavy (non-hydrogen) atoms. The van der Waals surface area contributed by atoms with Crippen LogP contribution in [-0.4, -0.2) is 0 Å². The Morgan fingerprint density at radius 3 is 2.76 bits per heavy atom. The van der Waals surface area contributed by atoms with E-state index >= 15 is 0 Å². The largest absolute Gasteiger partial charge is 0.324 e. The van der Waals surface area contributed by atoms with Gasteiger partial charge in [-0.25, -0.2) is 0 Å². The summed E-state index contributed by atoms with van der Waals surface area (Å²) in [7, 11) is 0. The van der Waals surface area contributed by atoms with E-state index in [0.717, 1.165) is 13.0 Å². The van der Waals surface area contributed by atoms with Crippen molar-refractivity contribution >= 4 is 11.3 Å². The van der Waals surface area contributed by atoms with E-state index in [-0.39, 0.29) is 6.04 Å². The van der Waals surface area contributed by atoms with Gasteiger partial charge in [-0.05, 0) is 29.0 Å². The minimum atomic E-state index is 0.187. The molecular formula is C14H16N2S. The topological polar surface area (TPSA) is 38.0 Å². The minimum Gasteiger partial charge on any atom is -0.324 e. The van der Waals surface area contributed by atoms with Crippen LogP contribution in [0, 0.1) is 0 Å². The van der Waals surface area contributed by atoms with Crippen LogP contribution < -0.4 is 11.1 Å². The van der Waals surface area contributed by atoms with Gasteiger partial charge in [0.25, 0.3) is 0 Å². The van der Waals surface area contributed by atoms with Crippen molar-refractivity contribution in [1.82, 2.24) is 5.32 Å². The molecule has 2 aromatic rings. The first kappa shape index (κ1) is 11.0. The Morgan fingerprint density at radius 2 is 2.00 bits per heavy atom. The molecule has 0 radical (unpaired) electrons. The average Bonchev–Trinajstić information content (AvgIpc) is 2.96. The summed E-state index contributed by atoms with van der Waals surface area (Å²) in [5, 5.41) is 5.72. The maximum atomic E-state index is 6.15. The lowest BCUT2D eigenvalue weighted by Crippen LogP contribution is -2.19. The number of fused-ring (bicyclic) bond motifs is 1. The van der Waals surface area contributed by atoms with E-state index in [1.165, 1.54) is 16.0 Å². The first-order chi connectivity index (χ1) is 8.34. The predicted octanol–water partition coefficient (Wildman–Crippen LogP) is 2.98. The molecule has 0 saturated heterocycles. The van der Waals surface area contributed by atoms with E-state index in [1.807, 2.05) is 0 Å². The summed E-state index contributed by atoms with van der Waals surface area (Å²) in [6, 6.07) is 13.3. The molecule has 2 nitrogen and oxygen atoms in total. The zero-order chi connectivity index (χ0) is 11.7. The number of benzene rings is 1. The normalized spacial score (nSPS) is 22.6. The van der Waals surface area contributed by atoms with Crippen LogP contribution in [0.25, 0.3) is 0 Å². The van der Waals surface area contributed by atoms with Gasteiger partial charge in [0.05, 0.1) is 0 Å². The van der Waals surface area contributed by atoms with Gasteiger partial charge in [-0.3, -0.25) is 0 Å². The molecule has 0 bridgehead atoms. The molecule has 1 aromatic carbocycles. The lowest BCUT2D eigenvalue weighted by atomic mass is 10.1. The van der Waals surface area contributed by atoms with Crippen LogP contribution in [0.3, 0.4) is 0 Å². The first-order valence-electron chi connectivity index (χ1n) is 5.95. The molecule has 0 fully saturated rings. The van der Waals surface area contributed by atoms with Crippen molar-refractivity contribution in [2.24, 2.45) is 5.73 Å². The van der Waals surface area contributed by atoms with Gasteiger partial charge in [-0.1, -0.05) is 30.3 Å². The Balaban J connectivity index is 1.73. The maximum Gasteiger partial charge on any atom is 0.0344 e. The Hall–Kier alpha value is -1.16. The van der Waals surface area contributed by atoms with Crippen molar-refractivity contribution < 1.29 is 0 Å². The molecular weight excluding hydrogens is 228 g/mol. The summed E-state index contributed by atoms with van der Waals surface area (Å²) in [5.74, 6) is 0. The summed E-state index contributed by atoms with van der Waals surface area (Å²) in [6.07, 6.45) is 1.00. The van der Waals surface area contributed by atoms with Gasteiger partial charge >= 0.3 is 0 Å². The fraction of sp³-hybridized carbons (Fsp3) is 0.286. The third kappa shape index (κ3) is 2.14. The highest BCUT2D eigenvalue weighted by atomic mass is 32.1. The second-order valence-corrected chi connectivity index (χ2v) is 5.52. The molecule has 88 valence electrons. The first-order valence-corrected chi connectivity index (χ1v) is 6.83. The van der Waals surface area contributed by atoms with Gasteiger partial charge in [0.15, 0.2) is 0 Å². The zero-order valence-electron chi connectivity index (χ0n) is 9.60. The number of rotatable bonds is 3. The van der Waals surface area contributed by atoms with Crippen molar-refractivity contribution in [1.29, 1.82) is 0 Å². The van der Waals surface area contributed by atoms with Crippen LogP contribution in [0.15, 0.2) is 41.8 Å². The van der Waals surface area contributed by atoms with Crippen molar-refractivity contribution in [2.75, 3.05) is 0 Å². The van der Waals surface area contributed by atoms with Crippen LogP contribution in [0.2, 0.25) is 0 Å². The SMILES string of the molecule is NC1CC(NCc2cccs2)c2ccccc21. The van der Waals surface area contributed by atoms with Gasteiger partial charge in [-0.15, -0.1) is 11.3 Å². The van der Waals surface area contributed by atoms with E-state index in [1.54, 1.807) is 11.3 Å². The molecule has 1 aliphatic carbocycles. The molecule has 1 heterocycles. The third-order valence-corrected chi connectivity index (χ3v) is 4.24. The Morgan fingerprint density at radius 1 is 1.18 bits per heavy atom. The molecule has 2 unspecified atom stereocenters. The van der Waals surface area contributed by atoms with Crippen LogP contribution in [0.4, 0.5) is 0 Å². The molecule has 0 amide bonds. The predicted molar refractivity (Wildman–Crippen MR) is 71.9 cm³/mol. The lowest BCUT2D eigenvalue weighted by molar-refractivity contribution is 0.501. The summed E-state index contributed by atoms with van der Waals surface area (Å²) in [6.45, 7) is 0.934. The average molecular weight is 244 g/mol. The Kier molecular flexibility index (Phi) is 2.97. The van der Waals surface area contributed by atoms with Crippen molar-refractivity contribution in [3.8, 4) is 0 Å². The molecule has 1 aliphatic rings. The molecule has 3 N–H and O–H groups in total. The zero-order valence-corrected chi connectivity index (χ0v) is 10.4. The molecule has 3 heteroatoms. The highest BCUT2D eigenvalue weighted by molar-refractivity contribution is 7.09. The molecule has 0 aliphatic heterocycles. The van der Waals surface area contributed by atoms with E-state index in [0.29, 0.717) is 6.04 Å². The van der Waals surface area contributed by atoms with Gasteiger partial charge in [0.2, 0.25) is 0 Å². The summed E-state index contributed by atoms with van der Waals surface area (Å²) in [5.41, 5.74) is 8.82. The summed E-state index contributed by atoms with van der Waals surface area (Å²) < 4.78 is 0. The van der Waals surface area contributed by atoms with Crippen molar-refractivity contribution in [2.45, 2.75) is 25.0 Å². The van der Waals surface area contributed by atoms with Gasteiger partial charge < -0.3 is 11.1 Å². The maximum absolute atomic E-state index is 6.15. The fourth-order valence-corrected chi connectivity index (χ4v) is 3.16. The van der Waals surface area contributed by atoms with E-state index in [9.17, 15) is 0 Å². The molecule has 1 aromatic heterocycles. The van der Waals surface area contributed by atoms with Crippen LogP contribution in [0.1, 0.15) is 34.5 Å². The number of nitrogens with two attached hydrogens (primary N) is 1. The molecule has 0 spiro atoms. The van der Waals surface area contributed by atoms with Gasteiger partial charge in [0, 0.05) is 23.5 Å². The second-order valence-electron chi connectivity index (χ2n) is 4.48. The summed E-state index contributed by atoms with van der Waals surface area (Å²) >= 11 is 1.79. The highest BCUT2D eigenvalue weighted by Gasteiger charge is 2.27. The highest BCUT2D eigenvalue weighted by Crippen LogP contribution is 2.37. The monoisotopic (exact) mass is 244 g/mol. The second kappa shape index (κ2) is 4.61. The minimum absolute atomic E-state index is 0.187. The van der Waals surface area contributed by atoms with Crippen LogP contribution >= 0.6 is 11.3 Å². The van der Waals surface area contributed by atoms with Crippen molar-refractivity contribution in [3.63, 3.8) is 0 Å². The van der Waals surface area contributed by atoms with Gasteiger partial charge in [0.1, 0.15) is 0 Å². The smallest absolute Gasteiger partial charge is 0.0344 e. The van der Waals surface area contributed by atoms with Crippen molar-refractivity contribution in [3.05, 3.63) is 57.8 Å². The van der Waals surface area contributed by atoms with E-state index in [2.05, 4.69) is 47.1 Å². The number of nitrogens with one attached hydrogen (secondary N) is 1. The summed E-state index contributed by atoms with van der Waals surface area (Å²) in [4.78, 5) is 1.38. The quantitative estimate of drug-likeness (QED) is 0.871. The molecule has 3 rings (SSSR count). The van der Waals surface area contributed by atoms with E-state index in [4.69, 9.17) is 5.73 Å². The number of hydrogen-bond donors (Lipinski definition) is 2. The molecule has 2 atom stereocenters.